The van der Waals surface area contributed by atoms with Gasteiger partial charge in [0.2, 0.25) is 0 Å². The van der Waals surface area contributed by atoms with Crippen LogP contribution in [0.3, 0.4) is 0 Å². The molecule has 1 aromatic carbocycles. The summed E-state index contributed by atoms with van der Waals surface area (Å²) in [5.74, 6) is 0. The minimum Gasteiger partial charge on any atom is -0.385 e. The lowest BCUT2D eigenvalue weighted by Gasteiger charge is -2.11. The molecule has 1 heteroatoms. The van der Waals surface area contributed by atoms with E-state index in [0.29, 0.717) is 0 Å². The second kappa shape index (κ2) is 4.85. The molecule has 14 heavy (non-hydrogen) atoms. The lowest BCUT2D eigenvalue weighted by molar-refractivity contribution is 0.978. The van der Waals surface area contributed by atoms with E-state index >= 15 is 0 Å². The summed E-state index contributed by atoms with van der Waals surface area (Å²) in [6.07, 6.45) is 3.05. The maximum atomic E-state index is 3.83. The maximum Gasteiger partial charge on any atom is 0.0416 e. The van der Waals surface area contributed by atoms with Crippen molar-refractivity contribution < 1.29 is 0 Å². The van der Waals surface area contributed by atoms with Crippen LogP contribution in [-0.4, -0.2) is 6.54 Å². The van der Waals surface area contributed by atoms with Crippen LogP contribution in [0.5, 0.6) is 0 Å². The number of rotatable bonds is 4. The summed E-state index contributed by atoms with van der Waals surface area (Å²) < 4.78 is 0. The van der Waals surface area contributed by atoms with Crippen LogP contribution in [0.25, 0.3) is 6.08 Å². The summed E-state index contributed by atoms with van der Waals surface area (Å²) >= 11 is 0. The molecule has 1 aromatic rings. The Hall–Kier alpha value is -1.24. The van der Waals surface area contributed by atoms with E-state index in [2.05, 4.69) is 44.8 Å². The first kappa shape index (κ1) is 10.8. The molecule has 0 aliphatic carbocycles. The molecule has 0 saturated heterocycles. The first-order chi connectivity index (χ1) is 6.69. The van der Waals surface area contributed by atoms with Gasteiger partial charge in [-0.05, 0) is 49.1 Å². The van der Waals surface area contributed by atoms with Crippen molar-refractivity contribution in [3.05, 3.63) is 35.4 Å². The van der Waals surface area contributed by atoms with Gasteiger partial charge in [-0.2, -0.15) is 0 Å². The molecule has 1 rings (SSSR count). The van der Waals surface area contributed by atoms with Gasteiger partial charge in [0, 0.05) is 12.2 Å². The third-order valence-electron chi connectivity index (χ3n) is 2.45. The Kier molecular flexibility index (Phi) is 3.75. The van der Waals surface area contributed by atoms with Gasteiger partial charge in [0.1, 0.15) is 0 Å². The average molecular weight is 189 g/mol. The molecule has 1 nitrogen and oxygen atoms in total. The van der Waals surface area contributed by atoms with Gasteiger partial charge in [-0.3, -0.25) is 0 Å². The minimum absolute atomic E-state index is 1.02. The van der Waals surface area contributed by atoms with Crippen LogP contribution in [-0.2, 0) is 0 Å². The van der Waals surface area contributed by atoms with Gasteiger partial charge < -0.3 is 5.32 Å². The summed E-state index contributed by atoms with van der Waals surface area (Å²) in [5, 5.41) is 3.41. The van der Waals surface area contributed by atoms with Gasteiger partial charge in [0.15, 0.2) is 0 Å². The summed E-state index contributed by atoms with van der Waals surface area (Å²) in [6, 6.07) is 4.38. The van der Waals surface area contributed by atoms with Crippen molar-refractivity contribution in [3.8, 4) is 0 Å². The van der Waals surface area contributed by atoms with Crippen LogP contribution in [0.2, 0.25) is 0 Å². The topological polar surface area (TPSA) is 12.0 Å². The average Bonchev–Trinajstić information content (AvgIpc) is 2.19. The van der Waals surface area contributed by atoms with Gasteiger partial charge in [0.05, 0.1) is 0 Å². The van der Waals surface area contributed by atoms with Gasteiger partial charge in [-0.1, -0.05) is 19.6 Å². The van der Waals surface area contributed by atoms with Crippen LogP contribution in [0.15, 0.2) is 18.7 Å². The lowest BCUT2D eigenvalue weighted by Crippen LogP contribution is -2.02. The summed E-state index contributed by atoms with van der Waals surface area (Å²) in [5.41, 5.74) is 5.04. The monoisotopic (exact) mass is 189 g/mol. The van der Waals surface area contributed by atoms with Gasteiger partial charge >= 0.3 is 0 Å². The van der Waals surface area contributed by atoms with E-state index in [4.69, 9.17) is 0 Å². The Balaban J connectivity index is 3.00. The van der Waals surface area contributed by atoms with Crippen molar-refractivity contribution in [1.29, 1.82) is 0 Å². The molecule has 0 atom stereocenters. The number of hydrogen-bond acceptors (Lipinski definition) is 1. The third-order valence-corrected chi connectivity index (χ3v) is 2.45. The standard InChI is InChI=1S/C13H19N/c1-5-7-14-13-9-11(4)10(3)8-12(13)6-2/h6,8-9,14H,2,5,7H2,1,3-4H3. The van der Waals surface area contributed by atoms with E-state index in [0.717, 1.165) is 13.0 Å². The molecule has 0 heterocycles. The highest BCUT2D eigenvalue weighted by Gasteiger charge is 2.01. The zero-order valence-electron chi connectivity index (χ0n) is 9.35. The number of benzene rings is 1. The van der Waals surface area contributed by atoms with Crippen molar-refractivity contribution in [2.75, 3.05) is 11.9 Å². The smallest absolute Gasteiger partial charge is 0.0416 e. The van der Waals surface area contributed by atoms with E-state index in [9.17, 15) is 0 Å². The van der Waals surface area contributed by atoms with Crippen molar-refractivity contribution in [3.63, 3.8) is 0 Å². The van der Waals surface area contributed by atoms with Gasteiger partial charge in [-0.25, -0.2) is 0 Å². The summed E-state index contributed by atoms with van der Waals surface area (Å²) in [7, 11) is 0. The SMILES string of the molecule is C=Cc1cc(C)c(C)cc1NCCC. The van der Waals surface area contributed by atoms with E-state index in [1.807, 2.05) is 6.08 Å². The maximum absolute atomic E-state index is 3.83. The Morgan fingerprint density at radius 1 is 1.29 bits per heavy atom. The number of hydrogen-bond donors (Lipinski definition) is 1. The normalized spacial score (nSPS) is 9.93. The van der Waals surface area contributed by atoms with Crippen molar-refractivity contribution in [2.45, 2.75) is 27.2 Å². The molecular formula is C13H19N. The Morgan fingerprint density at radius 2 is 1.93 bits per heavy atom. The molecule has 0 spiro atoms. The fourth-order valence-corrected chi connectivity index (χ4v) is 1.42. The summed E-state index contributed by atoms with van der Waals surface area (Å²) in [4.78, 5) is 0. The zero-order chi connectivity index (χ0) is 10.6. The fourth-order valence-electron chi connectivity index (χ4n) is 1.42. The highest BCUT2D eigenvalue weighted by atomic mass is 14.9. The van der Waals surface area contributed by atoms with Crippen LogP contribution < -0.4 is 5.32 Å². The second-order valence-corrected chi connectivity index (χ2v) is 3.65. The van der Waals surface area contributed by atoms with Crippen LogP contribution in [0, 0.1) is 13.8 Å². The zero-order valence-corrected chi connectivity index (χ0v) is 9.35. The van der Waals surface area contributed by atoms with Gasteiger partial charge in [-0.15, -0.1) is 0 Å². The van der Waals surface area contributed by atoms with Crippen molar-refractivity contribution in [1.82, 2.24) is 0 Å². The van der Waals surface area contributed by atoms with E-state index in [-0.39, 0.29) is 0 Å². The number of aryl methyl sites for hydroxylation is 2. The molecule has 0 amide bonds. The molecule has 0 unspecified atom stereocenters. The lowest BCUT2D eigenvalue weighted by atomic mass is 10.0. The van der Waals surface area contributed by atoms with Gasteiger partial charge in [0.25, 0.3) is 0 Å². The van der Waals surface area contributed by atoms with Crippen molar-refractivity contribution >= 4 is 11.8 Å². The molecule has 76 valence electrons. The van der Waals surface area contributed by atoms with Crippen LogP contribution in [0.4, 0.5) is 5.69 Å². The van der Waals surface area contributed by atoms with Crippen LogP contribution in [0.1, 0.15) is 30.0 Å². The number of anilines is 1. The second-order valence-electron chi connectivity index (χ2n) is 3.65. The highest BCUT2D eigenvalue weighted by molar-refractivity contribution is 5.67. The summed E-state index contributed by atoms with van der Waals surface area (Å²) in [6.45, 7) is 11.3. The van der Waals surface area contributed by atoms with E-state index in [1.165, 1.54) is 22.4 Å². The largest absolute Gasteiger partial charge is 0.385 e. The predicted octanol–water partition coefficient (Wildman–Crippen LogP) is 3.77. The first-order valence-corrected chi connectivity index (χ1v) is 5.16. The molecule has 0 radical (unpaired) electrons. The van der Waals surface area contributed by atoms with E-state index < -0.39 is 0 Å². The molecule has 0 bridgehead atoms. The Labute approximate surface area is 86.8 Å². The third kappa shape index (κ3) is 2.38. The molecule has 0 aliphatic rings. The highest BCUT2D eigenvalue weighted by Crippen LogP contribution is 2.21. The minimum atomic E-state index is 1.02. The van der Waals surface area contributed by atoms with Crippen molar-refractivity contribution in [2.24, 2.45) is 0 Å². The molecule has 1 N–H and O–H groups in total. The van der Waals surface area contributed by atoms with E-state index in [1.54, 1.807) is 0 Å². The van der Waals surface area contributed by atoms with Crippen LogP contribution >= 0.6 is 0 Å². The number of nitrogens with one attached hydrogen (secondary N) is 1. The molecular weight excluding hydrogens is 170 g/mol. The molecule has 0 saturated carbocycles. The Morgan fingerprint density at radius 3 is 2.50 bits per heavy atom. The quantitative estimate of drug-likeness (QED) is 0.760. The molecule has 0 fully saturated rings. The fraction of sp³-hybridized carbons (Fsp3) is 0.385. The molecule has 0 aliphatic heterocycles. The predicted molar refractivity (Wildman–Crippen MR) is 64.8 cm³/mol. The molecule has 0 aromatic heterocycles. The Bertz CT molecular complexity index is 326. The first-order valence-electron chi connectivity index (χ1n) is 5.16.